The van der Waals surface area contributed by atoms with Gasteiger partial charge in [0.15, 0.2) is 0 Å². The van der Waals surface area contributed by atoms with Gasteiger partial charge < -0.3 is 14.7 Å². The molecular formula is C14H15Cl2NO4. The maximum atomic E-state index is 12.7. The van der Waals surface area contributed by atoms with Crippen molar-refractivity contribution in [2.75, 3.05) is 13.7 Å². The smallest absolute Gasteiger partial charge is 0.305 e. The highest BCUT2D eigenvalue weighted by atomic mass is 35.5. The molecule has 1 aromatic carbocycles. The summed E-state index contributed by atoms with van der Waals surface area (Å²) in [7, 11) is 1.54. The fraction of sp³-hybridized carbons (Fsp3) is 0.429. The van der Waals surface area contributed by atoms with Gasteiger partial charge >= 0.3 is 5.97 Å². The Balaban J connectivity index is 2.29. The Morgan fingerprint density at radius 1 is 1.38 bits per heavy atom. The van der Waals surface area contributed by atoms with Crippen LogP contribution in [0.5, 0.6) is 0 Å². The second-order valence-electron chi connectivity index (χ2n) is 4.90. The van der Waals surface area contributed by atoms with E-state index < -0.39 is 12.0 Å². The monoisotopic (exact) mass is 331 g/mol. The minimum atomic E-state index is -0.959. The van der Waals surface area contributed by atoms with Crippen LogP contribution in [0.25, 0.3) is 0 Å². The molecule has 21 heavy (non-hydrogen) atoms. The topological polar surface area (TPSA) is 66.8 Å². The molecule has 1 heterocycles. The van der Waals surface area contributed by atoms with E-state index in [4.69, 9.17) is 33.0 Å². The standard InChI is InChI=1S/C14H15Cl2NO4/c1-21-9-5-8(6-12(18)19)17(7-9)14(20)13-10(15)3-2-4-11(13)16/h2-4,8-9H,5-7H2,1H3,(H,18,19). The summed E-state index contributed by atoms with van der Waals surface area (Å²) in [5, 5.41) is 9.49. The zero-order chi connectivity index (χ0) is 15.6. The SMILES string of the molecule is COC1CC(CC(=O)O)N(C(=O)c2c(Cl)cccc2Cl)C1. The molecule has 1 saturated heterocycles. The third-order valence-corrected chi connectivity index (χ3v) is 4.19. The van der Waals surface area contributed by atoms with Crippen molar-refractivity contribution in [3.63, 3.8) is 0 Å². The van der Waals surface area contributed by atoms with Crippen LogP contribution in [-0.4, -0.2) is 47.7 Å². The number of hydrogen-bond donors (Lipinski definition) is 1. The lowest BCUT2D eigenvalue weighted by Gasteiger charge is -2.24. The van der Waals surface area contributed by atoms with E-state index in [2.05, 4.69) is 0 Å². The number of ether oxygens (including phenoxy) is 1. The first-order chi connectivity index (χ1) is 9.93. The van der Waals surface area contributed by atoms with E-state index in [0.29, 0.717) is 13.0 Å². The van der Waals surface area contributed by atoms with E-state index in [-0.39, 0.29) is 34.0 Å². The van der Waals surface area contributed by atoms with Gasteiger partial charge in [0.2, 0.25) is 0 Å². The van der Waals surface area contributed by atoms with Crippen molar-refractivity contribution in [1.82, 2.24) is 4.90 Å². The molecule has 2 atom stereocenters. The van der Waals surface area contributed by atoms with Crippen LogP contribution in [-0.2, 0) is 9.53 Å². The van der Waals surface area contributed by atoms with E-state index in [0.717, 1.165) is 0 Å². The van der Waals surface area contributed by atoms with Crippen molar-refractivity contribution >= 4 is 35.1 Å². The number of aliphatic carboxylic acids is 1. The number of carboxylic acid groups (broad SMARTS) is 1. The number of carbonyl (C=O) groups excluding carboxylic acids is 1. The van der Waals surface area contributed by atoms with Crippen molar-refractivity contribution in [1.29, 1.82) is 0 Å². The van der Waals surface area contributed by atoms with Gasteiger partial charge in [0.1, 0.15) is 0 Å². The predicted octanol–water partition coefficient (Wildman–Crippen LogP) is 2.70. The van der Waals surface area contributed by atoms with Crippen molar-refractivity contribution in [2.24, 2.45) is 0 Å². The number of rotatable bonds is 4. The number of hydrogen-bond acceptors (Lipinski definition) is 3. The van der Waals surface area contributed by atoms with Gasteiger partial charge in [0.25, 0.3) is 5.91 Å². The Morgan fingerprint density at radius 2 is 2.00 bits per heavy atom. The van der Waals surface area contributed by atoms with Crippen molar-refractivity contribution in [2.45, 2.75) is 25.0 Å². The van der Waals surface area contributed by atoms with Crippen molar-refractivity contribution < 1.29 is 19.4 Å². The highest BCUT2D eigenvalue weighted by Gasteiger charge is 2.38. The highest BCUT2D eigenvalue weighted by molar-refractivity contribution is 6.39. The van der Waals surface area contributed by atoms with Gasteiger partial charge in [-0.2, -0.15) is 0 Å². The molecule has 0 aliphatic carbocycles. The summed E-state index contributed by atoms with van der Waals surface area (Å²) in [5.41, 5.74) is 0.202. The van der Waals surface area contributed by atoms with Gasteiger partial charge in [-0.05, 0) is 18.6 Å². The van der Waals surface area contributed by atoms with Crippen molar-refractivity contribution in [3.05, 3.63) is 33.8 Å². The highest BCUT2D eigenvalue weighted by Crippen LogP contribution is 2.30. The van der Waals surface area contributed by atoms with Crippen LogP contribution in [0.4, 0.5) is 0 Å². The van der Waals surface area contributed by atoms with E-state index in [9.17, 15) is 9.59 Å². The number of nitrogens with zero attached hydrogens (tertiary/aromatic N) is 1. The average Bonchev–Trinajstić information content (AvgIpc) is 2.80. The fourth-order valence-electron chi connectivity index (χ4n) is 2.53. The quantitative estimate of drug-likeness (QED) is 0.921. The molecule has 2 unspecified atom stereocenters. The Bertz CT molecular complexity index is 544. The fourth-order valence-corrected chi connectivity index (χ4v) is 3.09. The van der Waals surface area contributed by atoms with Crippen LogP contribution >= 0.6 is 23.2 Å². The molecule has 114 valence electrons. The van der Waals surface area contributed by atoms with Gasteiger partial charge in [-0.3, -0.25) is 9.59 Å². The summed E-state index contributed by atoms with van der Waals surface area (Å²) in [4.78, 5) is 25.1. The summed E-state index contributed by atoms with van der Waals surface area (Å²) >= 11 is 12.1. The molecule has 1 aliphatic heterocycles. The lowest BCUT2D eigenvalue weighted by molar-refractivity contribution is -0.137. The summed E-state index contributed by atoms with van der Waals surface area (Å²) in [6.45, 7) is 0.328. The first-order valence-electron chi connectivity index (χ1n) is 6.43. The van der Waals surface area contributed by atoms with Gasteiger partial charge in [-0.1, -0.05) is 29.3 Å². The minimum absolute atomic E-state index is 0.131. The van der Waals surface area contributed by atoms with Gasteiger partial charge in [-0.25, -0.2) is 0 Å². The van der Waals surface area contributed by atoms with Crippen LogP contribution in [0.15, 0.2) is 18.2 Å². The molecule has 7 heteroatoms. The molecule has 1 amide bonds. The molecule has 0 aromatic heterocycles. The van der Waals surface area contributed by atoms with Crippen LogP contribution in [0.3, 0.4) is 0 Å². The molecule has 0 bridgehead atoms. The zero-order valence-corrected chi connectivity index (χ0v) is 12.9. The first-order valence-corrected chi connectivity index (χ1v) is 7.19. The zero-order valence-electron chi connectivity index (χ0n) is 11.4. The molecule has 1 fully saturated rings. The molecule has 1 aliphatic rings. The number of benzene rings is 1. The number of halogens is 2. The molecular weight excluding hydrogens is 317 g/mol. The summed E-state index contributed by atoms with van der Waals surface area (Å²) in [5.74, 6) is -1.32. The Morgan fingerprint density at radius 3 is 2.52 bits per heavy atom. The molecule has 0 saturated carbocycles. The second kappa shape index (κ2) is 6.64. The predicted molar refractivity (Wildman–Crippen MR) is 79.0 cm³/mol. The Hall–Kier alpha value is -1.30. The summed E-state index contributed by atoms with van der Waals surface area (Å²) in [6, 6.07) is 4.39. The maximum absolute atomic E-state index is 12.7. The van der Waals surface area contributed by atoms with Crippen LogP contribution in [0, 0.1) is 0 Å². The molecule has 1 N–H and O–H groups in total. The lowest BCUT2D eigenvalue weighted by atomic mass is 10.1. The number of carbonyl (C=O) groups is 2. The third kappa shape index (κ3) is 3.48. The summed E-state index contributed by atoms with van der Waals surface area (Å²) in [6.07, 6.45) is 0.171. The number of methoxy groups -OCH3 is 1. The van der Waals surface area contributed by atoms with Crippen LogP contribution in [0.2, 0.25) is 10.0 Å². The number of carboxylic acids is 1. The third-order valence-electron chi connectivity index (χ3n) is 3.56. The molecule has 1 aromatic rings. The van der Waals surface area contributed by atoms with E-state index >= 15 is 0 Å². The Kier molecular flexibility index (Phi) is 5.08. The maximum Gasteiger partial charge on any atom is 0.305 e. The summed E-state index contributed by atoms with van der Waals surface area (Å²) < 4.78 is 5.25. The van der Waals surface area contributed by atoms with Gasteiger partial charge in [0.05, 0.1) is 28.1 Å². The van der Waals surface area contributed by atoms with E-state index in [1.807, 2.05) is 0 Å². The molecule has 0 spiro atoms. The van der Waals surface area contributed by atoms with Gasteiger partial charge in [0, 0.05) is 19.7 Å². The number of likely N-dealkylation sites (tertiary alicyclic amines) is 1. The van der Waals surface area contributed by atoms with Crippen LogP contribution in [0.1, 0.15) is 23.2 Å². The average molecular weight is 332 g/mol. The van der Waals surface area contributed by atoms with Crippen molar-refractivity contribution in [3.8, 4) is 0 Å². The largest absolute Gasteiger partial charge is 0.481 e. The first kappa shape index (κ1) is 16.1. The lowest BCUT2D eigenvalue weighted by Crippen LogP contribution is -2.37. The van der Waals surface area contributed by atoms with E-state index in [1.54, 1.807) is 25.3 Å². The van der Waals surface area contributed by atoms with Crippen LogP contribution < -0.4 is 0 Å². The van der Waals surface area contributed by atoms with E-state index in [1.165, 1.54) is 4.90 Å². The molecule has 2 rings (SSSR count). The normalized spacial score (nSPS) is 21.6. The minimum Gasteiger partial charge on any atom is -0.481 e. The second-order valence-corrected chi connectivity index (χ2v) is 5.71. The molecule has 0 radical (unpaired) electrons. The number of amides is 1. The van der Waals surface area contributed by atoms with Gasteiger partial charge in [-0.15, -0.1) is 0 Å². The molecule has 5 nitrogen and oxygen atoms in total. The Labute approximate surface area is 132 Å².